The Kier molecular flexibility index (Phi) is 4.38. The molecule has 2 N–H and O–H groups in total. The van der Waals surface area contributed by atoms with E-state index < -0.39 is 0 Å². The Labute approximate surface area is 115 Å². The summed E-state index contributed by atoms with van der Waals surface area (Å²) >= 11 is 0. The van der Waals surface area contributed by atoms with Crippen molar-refractivity contribution in [2.45, 2.75) is 45.7 Å². The summed E-state index contributed by atoms with van der Waals surface area (Å²) in [6.07, 6.45) is 4.92. The molecule has 1 aromatic carbocycles. The molecule has 1 atom stereocenters. The zero-order chi connectivity index (χ0) is 13.8. The maximum absolute atomic E-state index is 6.30. The molecule has 0 aliphatic heterocycles. The topological polar surface area (TPSA) is 43.8 Å². The molecular formula is C16H23N3. The van der Waals surface area contributed by atoms with Gasteiger partial charge in [0.05, 0.1) is 0 Å². The van der Waals surface area contributed by atoms with Crippen LogP contribution in [-0.4, -0.2) is 9.55 Å². The van der Waals surface area contributed by atoms with Gasteiger partial charge in [-0.3, -0.25) is 0 Å². The SMILES string of the molecule is CCc1ccc(C(N)Cn2ccnc2C(C)C)cc1. The maximum atomic E-state index is 6.30. The monoisotopic (exact) mass is 257 g/mol. The van der Waals surface area contributed by atoms with E-state index in [1.807, 2.05) is 12.4 Å². The van der Waals surface area contributed by atoms with Crippen molar-refractivity contribution >= 4 is 0 Å². The number of aryl methyl sites for hydroxylation is 1. The number of imidazole rings is 1. The van der Waals surface area contributed by atoms with E-state index in [1.165, 1.54) is 11.1 Å². The van der Waals surface area contributed by atoms with Crippen LogP contribution in [0, 0.1) is 0 Å². The molecule has 2 rings (SSSR count). The highest BCUT2D eigenvalue weighted by atomic mass is 15.1. The second-order valence-corrected chi connectivity index (χ2v) is 5.29. The smallest absolute Gasteiger partial charge is 0.111 e. The first-order chi connectivity index (χ1) is 9.11. The first kappa shape index (κ1) is 13.8. The van der Waals surface area contributed by atoms with Crippen LogP contribution in [0.3, 0.4) is 0 Å². The fraction of sp³-hybridized carbons (Fsp3) is 0.438. The van der Waals surface area contributed by atoms with Crippen LogP contribution in [0.25, 0.3) is 0 Å². The van der Waals surface area contributed by atoms with Crippen molar-refractivity contribution in [2.24, 2.45) is 5.73 Å². The maximum Gasteiger partial charge on any atom is 0.111 e. The Hall–Kier alpha value is -1.61. The van der Waals surface area contributed by atoms with Gasteiger partial charge in [-0.05, 0) is 17.5 Å². The second-order valence-electron chi connectivity index (χ2n) is 5.29. The minimum atomic E-state index is 0.0117. The van der Waals surface area contributed by atoms with Crippen molar-refractivity contribution in [3.05, 3.63) is 53.6 Å². The molecule has 0 saturated carbocycles. The highest BCUT2D eigenvalue weighted by Gasteiger charge is 2.11. The van der Waals surface area contributed by atoms with Crippen LogP contribution in [0.4, 0.5) is 0 Å². The molecule has 1 unspecified atom stereocenters. The number of hydrogen-bond donors (Lipinski definition) is 1. The summed E-state index contributed by atoms with van der Waals surface area (Å²) in [4.78, 5) is 4.40. The van der Waals surface area contributed by atoms with Crippen molar-refractivity contribution in [2.75, 3.05) is 0 Å². The van der Waals surface area contributed by atoms with Crippen molar-refractivity contribution in [3.8, 4) is 0 Å². The summed E-state index contributed by atoms with van der Waals surface area (Å²) in [6, 6.07) is 8.60. The minimum Gasteiger partial charge on any atom is -0.333 e. The predicted octanol–water partition coefficient (Wildman–Crippen LogP) is 3.27. The molecule has 3 nitrogen and oxygen atoms in total. The summed E-state index contributed by atoms with van der Waals surface area (Å²) in [5, 5.41) is 0. The molecule has 0 bridgehead atoms. The number of nitrogens with two attached hydrogens (primary N) is 1. The third kappa shape index (κ3) is 3.24. The quantitative estimate of drug-likeness (QED) is 0.893. The Bertz CT molecular complexity index is 511. The molecule has 0 spiro atoms. The Morgan fingerprint density at radius 3 is 2.47 bits per heavy atom. The van der Waals surface area contributed by atoms with Crippen molar-refractivity contribution in [1.82, 2.24) is 9.55 Å². The summed E-state index contributed by atoms with van der Waals surface area (Å²) in [6.45, 7) is 7.25. The van der Waals surface area contributed by atoms with Crippen LogP contribution in [0.15, 0.2) is 36.7 Å². The van der Waals surface area contributed by atoms with Crippen LogP contribution in [0.2, 0.25) is 0 Å². The lowest BCUT2D eigenvalue weighted by Crippen LogP contribution is -2.19. The standard InChI is InChI=1S/C16H23N3/c1-4-13-5-7-14(8-6-13)15(17)11-19-10-9-18-16(19)12(2)3/h5-10,12,15H,4,11,17H2,1-3H3. The number of benzene rings is 1. The average Bonchev–Trinajstić information content (AvgIpc) is 2.87. The lowest BCUT2D eigenvalue weighted by Gasteiger charge is -2.16. The van der Waals surface area contributed by atoms with Crippen LogP contribution in [0.1, 0.15) is 49.7 Å². The third-order valence-corrected chi connectivity index (χ3v) is 3.47. The minimum absolute atomic E-state index is 0.0117. The van der Waals surface area contributed by atoms with E-state index in [0.717, 1.165) is 18.8 Å². The van der Waals surface area contributed by atoms with Gasteiger partial charge in [-0.15, -0.1) is 0 Å². The van der Waals surface area contributed by atoms with Gasteiger partial charge < -0.3 is 10.3 Å². The molecule has 1 aromatic heterocycles. The number of hydrogen-bond acceptors (Lipinski definition) is 2. The molecule has 2 aromatic rings. The first-order valence-corrected chi connectivity index (χ1v) is 6.97. The van der Waals surface area contributed by atoms with Gasteiger partial charge in [0, 0.05) is 30.9 Å². The van der Waals surface area contributed by atoms with Crippen molar-refractivity contribution < 1.29 is 0 Å². The summed E-state index contributed by atoms with van der Waals surface area (Å²) in [5.74, 6) is 1.52. The molecule has 0 saturated heterocycles. The summed E-state index contributed by atoms with van der Waals surface area (Å²) < 4.78 is 2.16. The Morgan fingerprint density at radius 2 is 1.89 bits per heavy atom. The molecule has 19 heavy (non-hydrogen) atoms. The number of nitrogens with zero attached hydrogens (tertiary/aromatic N) is 2. The zero-order valence-corrected chi connectivity index (χ0v) is 12.0. The first-order valence-electron chi connectivity index (χ1n) is 6.97. The van der Waals surface area contributed by atoms with E-state index in [1.54, 1.807) is 0 Å². The summed E-state index contributed by atoms with van der Waals surface area (Å²) in [7, 11) is 0. The highest BCUT2D eigenvalue weighted by Crippen LogP contribution is 2.18. The molecule has 0 aliphatic carbocycles. The number of rotatable bonds is 5. The van der Waals surface area contributed by atoms with Crippen molar-refractivity contribution in [3.63, 3.8) is 0 Å². The average molecular weight is 257 g/mol. The lowest BCUT2D eigenvalue weighted by atomic mass is 10.0. The molecule has 102 valence electrons. The zero-order valence-electron chi connectivity index (χ0n) is 12.0. The molecule has 0 amide bonds. The highest BCUT2D eigenvalue weighted by molar-refractivity contribution is 5.24. The van der Waals surface area contributed by atoms with Gasteiger partial charge in [-0.25, -0.2) is 4.98 Å². The van der Waals surface area contributed by atoms with Crippen LogP contribution < -0.4 is 5.73 Å². The molecular weight excluding hydrogens is 234 g/mol. The lowest BCUT2D eigenvalue weighted by molar-refractivity contribution is 0.542. The van der Waals surface area contributed by atoms with Gasteiger partial charge in [0.2, 0.25) is 0 Å². The molecule has 0 aliphatic rings. The van der Waals surface area contributed by atoms with E-state index >= 15 is 0 Å². The van der Waals surface area contributed by atoms with Crippen LogP contribution in [0.5, 0.6) is 0 Å². The van der Waals surface area contributed by atoms with Gasteiger partial charge in [-0.2, -0.15) is 0 Å². The molecule has 0 fully saturated rings. The Balaban J connectivity index is 2.11. The van der Waals surface area contributed by atoms with E-state index in [9.17, 15) is 0 Å². The van der Waals surface area contributed by atoms with Crippen molar-refractivity contribution in [1.29, 1.82) is 0 Å². The Morgan fingerprint density at radius 1 is 1.21 bits per heavy atom. The van der Waals surface area contributed by atoms with Gasteiger partial charge in [-0.1, -0.05) is 45.0 Å². The largest absolute Gasteiger partial charge is 0.333 e. The fourth-order valence-electron chi connectivity index (χ4n) is 2.29. The molecule has 3 heteroatoms. The van der Waals surface area contributed by atoms with Crippen LogP contribution >= 0.6 is 0 Å². The van der Waals surface area contributed by atoms with Gasteiger partial charge in [0.1, 0.15) is 5.82 Å². The van der Waals surface area contributed by atoms with E-state index in [-0.39, 0.29) is 6.04 Å². The third-order valence-electron chi connectivity index (χ3n) is 3.47. The second kappa shape index (κ2) is 6.02. The van der Waals surface area contributed by atoms with Gasteiger partial charge in [0.25, 0.3) is 0 Å². The number of aromatic nitrogens is 2. The van der Waals surface area contributed by atoms with Gasteiger partial charge in [0.15, 0.2) is 0 Å². The van der Waals surface area contributed by atoms with E-state index in [0.29, 0.717) is 5.92 Å². The fourth-order valence-corrected chi connectivity index (χ4v) is 2.29. The summed E-state index contributed by atoms with van der Waals surface area (Å²) in [5.41, 5.74) is 8.83. The van der Waals surface area contributed by atoms with E-state index in [4.69, 9.17) is 5.73 Å². The predicted molar refractivity (Wildman–Crippen MR) is 79.1 cm³/mol. The van der Waals surface area contributed by atoms with Crippen LogP contribution in [-0.2, 0) is 13.0 Å². The van der Waals surface area contributed by atoms with Gasteiger partial charge >= 0.3 is 0 Å². The van der Waals surface area contributed by atoms with E-state index in [2.05, 4.69) is 54.6 Å². The molecule has 0 radical (unpaired) electrons. The normalized spacial score (nSPS) is 12.9. The molecule has 1 heterocycles.